The van der Waals surface area contributed by atoms with Crippen LogP contribution in [0.1, 0.15) is 62.0 Å². The third kappa shape index (κ3) is 8.64. The molecule has 0 aliphatic carbocycles. The van der Waals surface area contributed by atoms with Gasteiger partial charge in [0.05, 0.1) is 11.6 Å². The van der Waals surface area contributed by atoms with Gasteiger partial charge >= 0.3 is 0 Å². The summed E-state index contributed by atoms with van der Waals surface area (Å²) in [4.78, 5) is 50.7. The van der Waals surface area contributed by atoms with Crippen molar-refractivity contribution in [2.75, 3.05) is 70.9 Å². The molecule has 1 atom stereocenters. The number of phenolic OH excluding ortho intramolecular Hbond substituents is 1. The number of benzene rings is 2. The first-order chi connectivity index (χ1) is 27.9. The molecule has 5 aliphatic heterocycles. The highest BCUT2D eigenvalue weighted by Crippen LogP contribution is 2.43. The Kier molecular flexibility index (Phi) is 12.0. The second-order valence-electron chi connectivity index (χ2n) is 16.6. The number of amides is 3. The van der Waals surface area contributed by atoms with Crippen LogP contribution in [-0.2, 0) is 19.1 Å². The van der Waals surface area contributed by atoms with E-state index in [9.17, 15) is 19.5 Å². The number of rotatable bonds is 12. The van der Waals surface area contributed by atoms with Crippen LogP contribution >= 0.6 is 0 Å². The van der Waals surface area contributed by atoms with Gasteiger partial charge in [-0.1, -0.05) is 18.2 Å². The smallest absolute Gasteiger partial charge is 0.267 e. The minimum absolute atomic E-state index is 0.0548. The number of nitrogens with two attached hydrogens (primary N) is 3. The van der Waals surface area contributed by atoms with Gasteiger partial charge in [-0.05, 0) is 68.5 Å². The molecule has 0 saturated carbocycles. The Morgan fingerprint density at radius 3 is 2.40 bits per heavy atom. The fourth-order valence-electron chi connectivity index (χ4n) is 9.38. The summed E-state index contributed by atoms with van der Waals surface area (Å²) in [5, 5.41) is 12.6. The second-order valence-corrected chi connectivity index (χ2v) is 16.6. The van der Waals surface area contributed by atoms with Crippen LogP contribution in [0.2, 0.25) is 0 Å². The Balaban J connectivity index is 0.877. The van der Waals surface area contributed by atoms with E-state index in [0.29, 0.717) is 73.9 Å². The number of halogens is 1. The number of hydrogen-bond donors (Lipinski definition) is 5. The molecule has 2 aromatic rings. The maximum atomic E-state index is 15.1. The highest BCUT2D eigenvalue weighted by atomic mass is 19.1. The molecule has 15 heteroatoms. The molecule has 0 radical (unpaired) electrons. The average molecular weight is 798 g/mol. The molecule has 5 saturated heterocycles. The summed E-state index contributed by atoms with van der Waals surface area (Å²) in [5.74, 6) is -1.02. The monoisotopic (exact) mass is 797 g/mol. The number of allylic oxidation sites excluding steroid dienone is 2. The number of hydrogen-bond acceptors (Lipinski definition) is 12. The molecule has 0 bridgehead atoms. The third-order valence-corrected chi connectivity index (χ3v) is 12.6. The molecule has 7 rings (SSSR count). The molecule has 5 fully saturated rings. The van der Waals surface area contributed by atoms with E-state index in [1.54, 1.807) is 55.7 Å². The zero-order valence-electron chi connectivity index (χ0n) is 33.2. The van der Waals surface area contributed by atoms with E-state index >= 15 is 4.39 Å². The number of piperidine rings is 3. The van der Waals surface area contributed by atoms with Crippen molar-refractivity contribution in [3.63, 3.8) is 0 Å². The van der Waals surface area contributed by atoms with Crippen LogP contribution in [-0.4, -0.2) is 115 Å². The summed E-state index contributed by atoms with van der Waals surface area (Å²) in [5.41, 5.74) is 20.4. The molecular formula is C43H56FN9O5. The fourth-order valence-corrected chi connectivity index (χ4v) is 9.38. The highest BCUT2D eigenvalue weighted by molar-refractivity contribution is 6.01. The number of aromatic hydroxyl groups is 1. The SMILES string of the molecule is CN=C/C=C(\N)OC1(C(=O)N2CC3(CN(CCC4CCN(c5ccc(C6CCC(=O)NC6=O)c(F)c5)CC4)C3)C2)CCN(C(/C=C(\N)c2ccccc2O)=C/N)CC1. The molecule has 8 N–H and O–H groups in total. The van der Waals surface area contributed by atoms with Crippen molar-refractivity contribution in [1.82, 2.24) is 20.0 Å². The Morgan fingerprint density at radius 1 is 1.02 bits per heavy atom. The molecule has 2 aromatic carbocycles. The summed E-state index contributed by atoms with van der Waals surface area (Å²) in [6.45, 7) is 6.95. The number of likely N-dealkylation sites (tertiary alicyclic amines) is 3. The van der Waals surface area contributed by atoms with Gasteiger partial charge in [0.15, 0.2) is 11.5 Å². The topological polar surface area (TPSA) is 196 Å². The molecule has 1 unspecified atom stereocenters. The van der Waals surface area contributed by atoms with E-state index in [1.807, 2.05) is 11.0 Å². The van der Waals surface area contributed by atoms with Crippen molar-refractivity contribution in [2.24, 2.45) is 33.5 Å². The highest BCUT2D eigenvalue weighted by Gasteiger charge is 2.57. The Hall–Kier alpha value is -5.57. The zero-order chi connectivity index (χ0) is 41.0. The Morgan fingerprint density at radius 2 is 1.74 bits per heavy atom. The maximum Gasteiger partial charge on any atom is 0.267 e. The number of carbonyl (C=O) groups excluding carboxylic acids is 3. The number of nitrogens with one attached hydrogen (secondary N) is 1. The molecular weight excluding hydrogens is 742 g/mol. The van der Waals surface area contributed by atoms with Gasteiger partial charge in [0.25, 0.3) is 5.91 Å². The molecule has 310 valence electrons. The van der Waals surface area contributed by atoms with Crippen molar-refractivity contribution in [2.45, 2.75) is 56.5 Å². The minimum Gasteiger partial charge on any atom is -0.507 e. The molecule has 5 heterocycles. The van der Waals surface area contributed by atoms with Gasteiger partial charge in [0.2, 0.25) is 11.8 Å². The van der Waals surface area contributed by atoms with E-state index < -0.39 is 23.2 Å². The summed E-state index contributed by atoms with van der Waals surface area (Å²) < 4.78 is 21.5. The molecule has 3 amide bonds. The van der Waals surface area contributed by atoms with Crippen LogP contribution < -0.4 is 27.4 Å². The van der Waals surface area contributed by atoms with Gasteiger partial charge in [-0.15, -0.1) is 0 Å². The lowest BCUT2D eigenvalue weighted by Gasteiger charge is -2.61. The zero-order valence-corrected chi connectivity index (χ0v) is 33.2. The number of imide groups is 1. The van der Waals surface area contributed by atoms with Crippen molar-refractivity contribution in [1.29, 1.82) is 0 Å². The van der Waals surface area contributed by atoms with Gasteiger partial charge in [-0.2, -0.15) is 0 Å². The number of carbonyl (C=O) groups is 3. The van der Waals surface area contributed by atoms with E-state index in [4.69, 9.17) is 21.9 Å². The van der Waals surface area contributed by atoms with Crippen molar-refractivity contribution in [3.8, 4) is 5.75 Å². The fraction of sp³-hybridized carbons (Fsp3) is 0.488. The number of aliphatic imine (C=N–C) groups is 1. The van der Waals surface area contributed by atoms with E-state index in [0.717, 1.165) is 57.7 Å². The van der Waals surface area contributed by atoms with Crippen molar-refractivity contribution in [3.05, 3.63) is 89.3 Å². The van der Waals surface area contributed by atoms with E-state index in [-0.39, 0.29) is 35.3 Å². The van der Waals surface area contributed by atoms with Gasteiger partial charge in [0, 0.05) is 125 Å². The lowest BCUT2D eigenvalue weighted by atomic mass is 9.71. The first kappa shape index (κ1) is 40.6. The van der Waals surface area contributed by atoms with Crippen LogP contribution in [0.3, 0.4) is 0 Å². The van der Waals surface area contributed by atoms with Crippen molar-refractivity contribution >= 4 is 35.3 Å². The van der Waals surface area contributed by atoms with Crippen molar-refractivity contribution < 1.29 is 28.6 Å². The Bertz CT molecular complexity index is 1990. The largest absolute Gasteiger partial charge is 0.507 e. The second kappa shape index (κ2) is 17.1. The summed E-state index contributed by atoms with van der Waals surface area (Å²) in [7, 11) is 1.64. The number of ether oxygens (including phenoxy) is 1. The van der Waals surface area contributed by atoms with E-state index in [1.165, 1.54) is 12.3 Å². The predicted octanol–water partition coefficient (Wildman–Crippen LogP) is 2.95. The summed E-state index contributed by atoms with van der Waals surface area (Å²) >= 11 is 0. The van der Waals surface area contributed by atoms with Crippen LogP contribution in [0.5, 0.6) is 5.75 Å². The Labute approximate surface area is 339 Å². The molecule has 0 aromatic heterocycles. The summed E-state index contributed by atoms with van der Waals surface area (Å²) in [6, 6.07) is 12.0. The minimum atomic E-state index is -1.13. The van der Waals surface area contributed by atoms with Crippen LogP contribution in [0.4, 0.5) is 10.1 Å². The molecule has 14 nitrogen and oxygen atoms in total. The first-order valence-electron chi connectivity index (χ1n) is 20.3. The lowest BCUT2D eigenvalue weighted by Crippen LogP contribution is -2.75. The van der Waals surface area contributed by atoms with Gasteiger partial charge in [-0.3, -0.25) is 24.7 Å². The van der Waals surface area contributed by atoms with Gasteiger partial charge < -0.3 is 46.6 Å². The average Bonchev–Trinajstić information content (AvgIpc) is 3.18. The maximum absolute atomic E-state index is 15.1. The number of phenols is 1. The van der Waals surface area contributed by atoms with Gasteiger partial charge in [-0.25, -0.2) is 4.39 Å². The predicted molar refractivity (Wildman–Crippen MR) is 220 cm³/mol. The van der Waals surface area contributed by atoms with Crippen LogP contribution in [0, 0.1) is 17.2 Å². The summed E-state index contributed by atoms with van der Waals surface area (Å²) in [6.07, 6.45) is 10.8. The molecule has 58 heavy (non-hydrogen) atoms. The normalized spacial score (nSPS) is 23.2. The van der Waals surface area contributed by atoms with Crippen LogP contribution in [0.25, 0.3) is 5.70 Å². The molecule has 1 spiro atoms. The number of para-hydroxylation sites is 1. The lowest BCUT2D eigenvalue weighted by molar-refractivity contribution is -0.183. The number of anilines is 1. The first-order valence-corrected chi connectivity index (χ1v) is 20.3. The standard InChI is InChI=1S/C43H56FN9O5/c1-48-16-10-38(47)58-43(14-20-52(21-15-43)31(24-45)23-36(46)34-4-2-3-5-37(34)54)41(57)53-27-42(28-53)25-50(26-42)17-11-29-12-18-51(19-13-29)30-6-7-32(35(44)22-30)33-8-9-39(55)49-40(33)56/h2-7,10,16,22-24,29,33,54H,8-9,11-15,17-21,25-28,45-47H2,1H3,(H,49,55,56)/b31-24+,36-23-,38-10+,48-16?. The van der Waals surface area contributed by atoms with Crippen LogP contribution in [0.15, 0.2) is 77.4 Å². The molecule has 5 aliphatic rings. The number of nitrogens with zero attached hydrogens (tertiary/aromatic N) is 5. The quantitative estimate of drug-likeness (QED) is 0.0917. The van der Waals surface area contributed by atoms with E-state index in [2.05, 4.69) is 25.0 Å². The van der Waals surface area contributed by atoms with Gasteiger partial charge in [0.1, 0.15) is 11.6 Å². The third-order valence-electron chi connectivity index (χ3n) is 12.6.